The predicted molar refractivity (Wildman–Crippen MR) is 130 cm³/mol. The first-order valence-corrected chi connectivity index (χ1v) is 12.2. The van der Waals surface area contributed by atoms with E-state index in [2.05, 4.69) is 16.0 Å². The zero-order valence-corrected chi connectivity index (χ0v) is 21.8. The van der Waals surface area contributed by atoms with Crippen molar-refractivity contribution in [2.45, 2.75) is 70.9 Å². The maximum absolute atomic E-state index is 13.0. The van der Waals surface area contributed by atoms with Crippen molar-refractivity contribution in [2.24, 2.45) is 5.92 Å². The van der Waals surface area contributed by atoms with Crippen LogP contribution in [0.5, 0.6) is 0 Å². The molecule has 1 fully saturated rings. The van der Waals surface area contributed by atoms with Crippen LogP contribution in [0.3, 0.4) is 0 Å². The molecule has 1 aromatic rings. The monoisotopic (exact) mass is 556 g/mol. The molecule has 1 saturated heterocycles. The molecule has 0 spiro atoms. The van der Waals surface area contributed by atoms with Gasteiger partial charge in [0.2, 0.25) is 11.8 Å². The van der Waals surface area contributed by atoms with Gasteiger partial charge in [-0.25, -0.2) is 0 Å². The van der Waals surface area contributed by atoms with Crippen LogP contribution >= 0.6 is 0 Å². The molecule has 0 radical (unpaired) electrons. The van der Waals surface area contributed by atoms with Gasteiger partial charge >= 0.3 is 12.1 Å². The lowest BCUT2D eigenvalue weighted by atomic mass is 9.98. The molecule has 11 nitrogen and oxygen atoms in total. The highest BCUT2D eigenvalue weighted by Crippen LogP contribution is 2.23. The molecule has 4 atom stereocenters. The van der Waals surface area contributed by atoms with Crippen molar-refractivity contribution in [3.05, 3.63) is 35.4 Å². The first kappa shape index (κ1) is 31.2. The molecule has 2 unspecified atom stereocenters. The summed E-state index contributed by atoms with van der Waals surface area (Å²) in [5.41, 5.74) is 0.206. The minimum Gasteiger partial charge on any atom is -0.480 e. The first-order chi connectivity index (χ1) is 18.0. The Bertz CT molecular complexity index is 1120. The molecule has 1 aromatic carbocycles. The quantitative estimate of drug-likeness (QED) is 0.337. The average Bonchev–Trinajstić information content (AvgIpc) is 3.35. The van der Waals surface area contributed by atoms with E-state index in [0.29, 0.717) is 6.42 Å². The lowest BCUT2D eigenvalue weighted by molar-refractivity contribution is -0.175. The molecule has 1 heterocycles. The van der Waals surface area contributed by atoms with E-state index in [1.54, 1.807) is 0 Å². The van der Waals surface area contributed by atoms with Gasteiger partial charge in [-0.3, -0.25) is 28.8 Å². The second kappa shape index (κ2) is 12.7. The van der Waals surface area contributed by atoms with E-state index >= 15 is 0 Å². The van der Waals surface area contributed by atoms with Crippen LogP contribution in [0.1, 0.15) is 61.3 Å². The number of carbonyl (C=O) groups excluding carboxylic acids is 5. The third-order valence-corrected chi connectivity index (χ3v) is 6.21. The van der Waals surface area contributed by atoms with Crippen LogP contribution in [0.25, 0.3) is 0 Å². The summed E-state index contributed by atoms with van der Waals surface area (Å²) in [6.45, 7) is 5.53. The molecule has 214 valence electrons. The molecule has 0 aliphatic carbocycles. The molecule has 0 aromatic heterocycles. The molecule has 0 bridgehead atoms. The Hall–Kier alpha value is -3.97. The number of rotatable bonds is 10. The lowest BCUT2D eigenvalue weighted by Crippen LogP contribution is -2.56. The van der Waals surface area contributed by atoms with Gasteiger partial charge in [-0.2, -0.15) is 13.2 Å². The highest BCUT2D eigenvalue weighted by molar-refractivity contribution is 6.01. The number of amides is 4. The Labute approximate surface area is 222 Å². The van der Waals surface area contributed by atoms with Crippen LogP contribution < -0.4 is 16.0 Å². The van der Waals surface area contributed by atoms with Crippen molar-refractivity contribution >= 4 is 35.4 Å². The number of halogens is 3. The van der Waals surface area contributed by atoms with Gasteiger partial charge in [-0.1, -0.05) is 13.8 Å². The largest absolute Gasteiger partial charge is 0.480 e. The number of carboxylic acid groups (broad SMARTS) is 1. The number of nitrogens with zero attached hydrogens (tertiary/aromatic N) is 1. The Kier molecular flexibility index (Phi) is 10.2. The van der Waals surface area contributed by atoms with Crippen molar-refractivity contribution < 1.29 is 47.0 Å². The van der Waals surface area contributed by atoms with E-state index in [0.717, 1.165) is 4.90 Å². The van der Waals surface area contributed by atoms with E-state index in [1.165, 1.54) is 52.0 Å². The Balaban J connectivity index is 2.04. The third-order valence-electron chi connectivity index (χ3n) is 6.21. The minimum atomic E-state index is -5.13. The zero-order chi connectivity index (χ0) is 29.7. The van der Waals surface area contributed by atoms with Crippen LogP contribution in [-0.2, 0) is 19.2 Å². The highest BCUT2D eigenvalue weighted by Gasteiger charge is 2.46. The van der Waals surface area contributed by atoms with E-state index in [9.17, 15) is 41.9 Å². The molecule has 1 aliphatic heterocycles. The predicted octanol–water partition coefficient (Wildman–Crippen LogP) is 1.27. The fourth-order valence-corrected chi connectivity index (χ4v) is 3.97. The number of hydrogen-bond donors (Lipinski definition) is 4. The minimum absolute atomic E-state index is 0.0960. The molecule has 1 aliphatic rings. The number of likely N-dealkylation sites (tertiary alicyclic amines) is 1. The first-order valence-electron chi connectivity index (χ1n) is 12.2. The lowest BCUT2D eigenvalue weighted by Gasteiger charge is -2.29. The zero-order valence-electron chi connectivity index (χ0n) is 21.8. The number of Topliss-reactive ketones (excluding diaryl/α,β-unsaturated/α-hetero) is 1. The molecule has 39 heavy (non-hydrogen) atoms. The van der Waals surface area contributed by atoms with Gasteiger partial charge in [0.15, 0.2) is 0 Å². The van der Waals surface area contributed by atoms with Gasteiger partial charge in [-0.05, 0) is 56.9 Å². The summed E-state index contributed by atoms with van der Waals surface area (Å²) in [4.78, 5) is 74.3. The maximum Gasteiger partial charge on any atom is 0.452 e. The van der Waals surface area contributed by atoms with Gasteiger partial charge in [0, 0.05) is 17.7 Å². The highest BCUT2D eigenvalue weighted by atomic mass is 19.4. The second-order valence-corrected chi connectivity index (χ2v) is 9.59. The number of hydrogen-bond acceptors (Lipinski definition) is 6. The van der Waals surface area contributed by atoms with E-state index in [-0.39, 0.29) is 24.1 Å². The number of aliphatic carboxylic acids is 1. The summed E-state index contributed by atoms with van der Waals surface area (Å²) in [6.07, 6.45) is -4.56. The number of carbonyl (C=O) groups is 6. The van der Waals surface area contributed by atoms with Crippen molar-refractivity contribution in [1.29, 1.82) is 0 Å². The molecule has 0 saturated carbocycles. The molecule has 4 amide bonds. The van der Waals surface area contributed by atoms with Crippen molar-refractivity contribution in [3.8, 4) is 0 Å². The van der Waals surface area contributed by atoms with Gasteiger partial charge in [-0.15, -0.1) is 0 Å². The smallest absolute Gasteiger partial charge is 0.452 e. The van der Waals surface area contributed by atoms with E-state index in [1.807, 2.05) is 0 Å². The normalized spacial score (nSPS) is 17.6. The molecular weight excluding hydrogens is 525 g/mol. The van der Waals surface area contributed by atoms with Crippen molar-refractivity contribution in [2.75, 3.05) is 6.54 Å². The summed E-state index contributed by atoms with van der Waals surface area (Å²) < 4.78 is 38.9. The maximum atomic E-state index is 13.0. The number of carboxylic acids is 1. The van der Waals surface area contributed by atoms with Gasteiger partial charge in [0.25, 0.3) is 17.6 Å². The number of ketones is 1. The van der Waals surface area contributed by atoms with Crippen LogP contribution in [0.4, 0.5) is 13.2 Å². The summed E-state index contributed by atoms with van der Waals surface area (Å²) in [7, 11) is 0. The second-order valence-electron chi connectivity index (χ2n) is 9.59. The number of benzene rings is 1. The number of alkyl halides is 3. The summed E-state index contributed by atoms with van der Waals surface area (Å²) in [5, 5.41) is 15.8. The number of nitrogens with one attached hydrogen (secondary N) is 3. The van der Waals surface area contributed by atoms with Gasteiger partial charge in [0.1, 0.15) is 18.1 Å². The Morgan fingerprint density at radius 3 is 1.79 bits per heavy atom. The molecule has 14 heteroatoms. The van der Waals surface area contributed by atoms with Crippen LogP contribution in [0.2, 0.25) is 0 Å². The Morgan fingerprint density at radius 1 is 0.872 bits per heavy atom. The van der Waals surface area contributed by atoms with E-state index < -0.39 is 71.6 Å². The summed E-state index contributed by atoms with van der Waals surface area (Å²) in [5.74, 6) is -6.99. The third kappa shape index (κ3) is 8.01. The summed E-state index contributed by atoms with van der Waals surface area (Å²) in [6, 6.07) is 0.0904. The fourth-order valence-electron chi connectivity index (χ4n) is 3.97. The molecular formula is C25H31F3N4O7. The fraction of sp³-hybridized carbons (Fsp3) is 0.520. The van der Waals surface area contributed by atoms with Crippen molar-refractivity contribution in [1.82, 2.24) is 20.9 Å². The van der Waals surface area contributed by atoms with Crippen molar-refractivity contribution in [3.63, 3.8) is 0 Å². The van der Waals surface area contributed by atoms with Gasteiger partial charge < -0.3 is 26.0 Å². The van der Waals surface area contributed by atoms with Gasteiger partial charge in [0.05, 0.1) is 6.04 Å². The van der Waals surface area contributed by atoms with Crippen LogP contribution in [0.15, 0.2) is 24.3 Å². The van der Waals surface area contributed by atoms with Crippen LogP contribution in [-0.4, -0.2) is 82.3 Å². The molecule has 4 N–H and O–H groups in total. The summed E-state index contributed by atoms with van der Waals surface area (Å²) >= 11 is 0. The van der Waals surface area contributed by atoms with E-state index in [4.69, 9.17) is 5.11 Å². The molecule has 2 rings (SSSR count). The topological polar surface area (TPSA) is 162 Å². The Morgan fingerprint density at radius 2 is 1.36 bits per heavy atom. The standard InChI is InChI=1S/C25H31F3N4O7/c1-12(2)18(19(33)25(26,27)28)31-22(36)17-6-5-11-32(17)23(37)13(3)29-20(34)15-7-9-16(10-8-15)21(35)30-14(4)24(38)39/h7-10,12-14,17-18H,5-6,11H2,1-4H3,(H,29,34)(H,30,35)(H,31,36)(H,38,39)/t13-,14?,17-,18?/m0/s1. The SMILES string of the molecule is CC(NC(=O)c1ccc(C(=O)N[C@@H](C)C(=O)N2CCC[C@H]2C(=O)NC(C(=O)C(F)(F)F)C(C)C)cc1)C(=O)O. The van der Waals surface area contributed by atoms with Crippen LogP contribution in [0, 0.1) is 5.92 Å². The average molecular weight is 557 g/mol.